The fraction of sp³-hybridized carbons (Fsp3) is 0.862. The highest BCUT2D eigenvalue weighted by atomic mass is 16.7. The summed E-state index contributed by atoms with van der Waals surface area (Å²) < 4.78 is 52.8. The first kappa shape index (κ1) is 78.2. The molecule has 24 nitrogen and oxygen atoms in total. The molecular formula is C65H114N6O18. The van der Waals surface area contributed by atoms with Crippen LogP contribution in [0.25, 0.3) is 0 Å². The highest BCUT2D eigenvalue weighted by molar-refractivity contribution is 5.77. The van der Waals surface area contributed by atoms with E-state index in [-0.39, 0.29) is 146 Å². The van der Waals surface area contributed by atoms with Crippen molar-refractivity contribution in [3.05, 3.63) is 0 Å². The molecule has 0 aliphatic carbocycles. The third-order valence-corrected chi connectivity index (χ3v) is 18.1. The van der Waals surface area contributed by atoms with Crippen molar-refractivity contribution in [1.29, 1.82) is 0 Å². The van der Waals surface area contributed by atoms with E-state index in [9.17, 15) is 43.2 Å². The number of unbranched alkanes of at least 4 members (excludes halogenated alkanes) is 9. The fourth-order valence-corrected chi connectivity index (χ4v) is 11.7. The van der Waals surface area contributed by atoms with E-state index in [1.54, 1.807) is 0 Å². The molecule has 0 aromatic heterocycles. The second-order valence-corrected chi connectivity index (χ2v) is 25.6. The Hall–Kier alpha value is -5.01. The molecular weight excluding hydrogens is 1150 g/mol. The Morgan fingerprint density at radius 1 is 0.360 bits per heavy atom. The molecule has 6 unspecified atom stereocenters. The van der Waals surface area contributed by atoms with E-state index < -0.39 is 42.2 Å². The second-order valence-electron chi connectivity index (χ2n) is 25.6. The zero-order valence-corrected chi connectivity index (χ0v) is 56.1. The highest BCUT2D eigenvalue weighted by Gasteiger charge is 2.46. The van der Waals surface area contributed by atoms with Crippen molar-refractivity contribution in [2.24, 2.45) is 40.9 Å². The minimum atomic E-state index is -0.688. The molecule has 24 heteroatoms. The predicted octanol–water partition coefficient (Wildman–Crippen LogP) is 6.61. The average molecular weight is 1270 g/mol. The predicted molar refractivity (Wildman–Crippen MR) is 332 cm³/mol. The Kier molecular flexibility index (Phi) is 37.1. The quantitative estimate of drug-likeness (QED) is 0.0213. The standard InChI is InChI=1S/C65H114N6O18/c1-41-44(4)59(69-47(7)72)62(87-53(41)38-84-50(10)75)81-35-23-17-14-20-32-66-56(78)26-29-65(13,30-27-57(79)67-33-21-15-18-24-36-82-63-60(70-48(8)73)45(5)42(2)54(88-63)39-85-51(11)76)31-28-58(80)68-34-22-16-19-25-37-83-64-61(71-49(9)74)46(6)43(3)55(89-64)40-86-52(12)77/h41-46,53-55,59-64H,14-40H2,1-13H3,(H,66,78)(H,67,79)(H,68,80)(H,69,72)(H,70,73)(H,71,74)/t41-,42-,43-,44+,45+,46+,53?,54?,55?,59?,60?,61?,62-,63-,64-,65?/m1/s1. The smallest absolute Gasteiger partial charge is 0.302 e. The number of rotatable bonds is 42. The van der Waals surface area contributed by atoms with Gasteiger partial charge in [-0.25, -0.2) is 0 Å². The largest absolute Gasteiger partial charge is 0.463 e. The van der Waals surface area contributed by atoms with Gasteiger partial charge in [0.15, 0.2) is 18.9 Å². The monoisotopic (exact) mass is 1270 g/mol. The van der Waals surface area contributed by atoms with Crippen molar-refractivity contribution in [3.8, 4) is 0 Å². The van der Waals surface area contributed by atoms with Crippen LogP contribution in [0, 0.1) is 40.9 Å². The van der Waals surface area contributed by atoms with Crippen LogP contribution in [0.5, 0.6) is 0 Å². The molecule has 3 heterocycles. The molecule has 0 aromatic rings. The van der Waals surface area contributed by atoms with Crippen LogP contribution in [-0.4, -0.2) is 168 Å². The van der Waals surface area contributed by atoms with Crippen LogP contribution in [0.4, 0.5) is 0 Å². The molecule has 3 saturated heterocycles. The highest BCUT2D eigenvalue weighted by Crippen LogP contribution is 2.36. The van der Waals surface area contributed by atoms with Crippen LogP contribution < -0.4 is 31.9 Å². The molecule has 3 aliphatic rings. The van der Waals surface area contributed by atoms with Gasteiger partial charge >= 0.3 is 17.9 Å². The Morgan fingerprint density at radius 3 is 0.843 bits per heavy atom. The maximum Gasteiger partial charge on any atom is 0.302 e. The van der Waals surface area contributed by atoms with Crippen LogP contribution in [0.15, 0.2) is 0 Å². The third kappa shape index (κ3) is 30.8. The van der Waals surface area contributed by atoms with Crippen molar-refractivity contribution in [1.82, 2.24) is 31.9 Å². The summed E-state index contributed by atoms with van der Waals surface area (Å²) in [7, 11) is 0. The van der Waals surface area contributed by atoms with Crippen molar-refractivity contribution < 1.29 is 85.8 Å². The van der Waals surface area contributed by atoms with E-state index in [1.165, 1.54) is 41.5 Å². The number of hydrogen-bond donors (Lipinski definition) is 6. The zero-order valence-electron chi connectivity index (χ0n) is 56.1. The maximum atomic E-state index is 13.3. The van der Waals surface area contributed by atoms with Gasteiger partial charge in [-0.3, -0.25) is 43.2 Å². The molecule has 6 amide bonds. The molecule has 0 aromatic carbocycles. The van der Waals surface area contributed by atoms with E-state index in [1.807, 2.05) is 48.5 Å². The molecule has 0 saturated carbocycles. The summed E-state index contributed by atoms with van der Waals surface area (Å²) in [5.41, 5.74) is -0.474. The normalized spacial score (nSPS) is 27.4. The number of hydrogen-bond acceptors (Lipinski definition) is 18. The molecule has 3 aliphatic heterocycles. The van der Waals surface area contributed by atoms with Crippen LogP contribution >= 0.6 is 0 Å². The number of esters is 3. The number of amides is 6. The van der Waals surface area contributed by atoms with Gasteiger partial charge in [0.1, 0.15) is 19.8 Å². The number of nitrogens with one attached hydrogen (secondary N) is 6. The van der Waals surface area contributed by atoms with E-state index in [2.05, 4.69) is 31.9 Å². The molecule has 0 spiro atoms. The zero-order chi connectivity index (χ0) is 66.1. The SMILES string of the molecule is CC(=O)NC1[C@H](OCCCCCCNC(=O)CCC(C)(CCC(=O)NCCCCCCO[C@@H]2OC(COC(C)=O)[C@H](C)[C@H](C)C2NC(C)=O)CCC(=O)NCCCCCCO[C@@H]2OC(COC(C)=O)[C@H](C)[C@H](C)C2NC(C)=O)OC(COC(C)=O)[C@H](C)[C@@H]1C. The van der Waals surface area contributed by atoms with Gasteiger partial charge in [0.25, 0.3) is 0 Å². The number of ether oxygens (including phenoxy) is 9. The lowest BCUT2D eigenvalue weighted by molar-refractivity contribution is -0.244. The first-order chi connectivity index (χ1) is 42.2. The summed E-state index contributed by atoms with van der Waals surface area (Å²) in [6.45, 7) is 25.6. The molecule has 3 rings (SSSR count). The first-order valence-corrected chi connectivity index (χ1v) is 33.0. The molecule has 6 N–H and O–H groups in total. The summed E-state index contributed by atoms with van der Waals surface area (Å²) in [6, 6.07) is -1.06. The van der Waals surface area contributed by atoms with Gasteiger partial charge in [-0.15, -0.1) is 0 Å². The Bertz CT molecular complexity index is 1940. The third-order valence-electron chi connectivity index (χ3n) is 18.1. The average Bonchev–Trinajstić information content (AvgIpc) is 1.40. The summed E-state index contributed by atoms with van der Waals surface area (Å²) >= 11 is 0. The van der Waals surface area contributed by atoms with E-state index in [4.69, 9.17) is 42.6 Å². The van der Waals surface area contributed by atoms with Crippen LogP contribution in [0.2, 0.25) is 0 Å². The fourth-order valence-electron chi connectivity index (χ4n) is 11.7. The van der Waals surface area contributed by atoms with Crippen LogP contribution in [-0.2, 0) is 85.8 Å². The number of carbonyl (C=O) groups is 9. The molecule has 512 valence electrons. The van der Waals surface area contributed by atoms with Crippen LogP contribution in [0.1, 0.15) is 206 Å². The van der Waals surface area contributed by atoms with Crippen molar-refractivity contribution in [3.63, 3.8) is 0 Å². The lowest BCUT2D eigenvalue weighted by Gasteiger charge is -2.44. The minimum absolute atomic E-state index is 0.0141. The van der Waals surface area contributed by atoms with Gasteiger partial charge in [0.2, 0.25) is 35.4 Å². The molecule has 0 bridgehead atoms. The summed E-state index contributed by atoms with van der Waals surface area (Å²) in [4.78, 5) is 110. The first-order valence-electron chi connectivity index (χ1n) is 33.0. The molecule has 3 fully saturated rings. The van der Waals surface area contributed by atoms with Gasteiger partial charge < -0.3 is 74.5 Å². The van der Waals surface area contributed by atoms with Gasteiger partial charge in [0, 0.05) is 100 Å². The van der Waals surface area contributed by atoms with Crippen molar-refractivity contribution in [2.45, 2.75) is 261 Å². The molecule has 89 heavy (non-hydrogen) atoms. The van der Waals surface area contributed by atoms with E-state index >= 15 is 0 Å². The molecule has 15 atom stereocenters. The van der Waals surface area contributed by atoms with Crippen molar-refractivity contribution >= 4 is 53.4 Å². The van der Waals surface area contributed by atoms with E-state index in [0.717, 1.165) is 77.0 Å². The maximum absolute atomic E-state index is 13.3. The Labute approximate surface area is 530 Å². The minimum Gasteiger partial charge on any atom is -0.463 e. The van der Waals surface area contributed by atoms with Gasteiger partial charge in [-0.05, 0) is 98.7 Å². The van der Waals surface area contributed by atoms with Crippen LogP contribution in [0.3, 0.4) is 0 Å². The second kappa shape index (κ2) is 42.2. The van der Waals surface area contributed by atoms with Crippen molar-refractivity contribution in [2.75, 3.05) is 59.3 Å². The van der Waals surface area contributed by atoms with Gasteiger partial charge in [-0.1, -0.05) is 87.0 Å². The number of carbonyl (C=O) groups excluding carboxylic acids is 9. The Morgan fingerprint density at radius 2 is 0.607 bits per heavy atom. The molecule has 0 radical (unpaired) electrons. The van der Waals surface area contributed by atoms with Gasteiger partial charge in [-0.2, -0.15) is 0 Å². The topological polar surface area (TPSA) is 309 Å². The lowest BCUT2D eigenvalue weighted by Crippen LogP contribution is -2.58. The summed E-state index contributed by atoms with van der Waals surface area (Å²) in [6.07, 6.45) is 8.70. The summed E-state index contributed by atoms with van der Waals surface area (Å²) in [5.74, 6) is -1.89. The summed E-state index contributed by atoms with van der Waals surface area (Å²) in [5, 5.41) is 18.1. The van der Waals surface area contributed by atoms with E-state index in [0.29, 0.717) is 58.7 Å². The Balaban J connectivity index is 1.45. The lowest BCUT2D eigenvalue weighted by atomic mass is 9.77. The van der Waals surface area contributed by atoms with Gasteiger partial charge in [0.05, 0.1) is 36.4 Å².